The fraction of sp³-hybridized carbons (Fsp3) is 0.438. The predicted octanol–water partition coefficient (Wildman–Crippen LogP) is 1.96. The van der Waals surface area contributed by atoms with Crippen LogP contribution in [0.3, 0.4) is 0 Å². The number of piperidine rings is 1. The number of anilines is 1. The number of nitrogens with zero attached hydrogens (tertiary/aromatic N) is 4. The Labute approximate surface area is 123 Å². The molecule has 3 heterocycles. The Bertz CT molecular complexity index is 721. The van der Waals surface area contributed by atoms with Gasteiger partial charge in [0.15, 0.2) is 5.69 Å². The monoisotopic (exact) mass is 279 g/mol. The van der Waals surface area contributed by atoms with Gasteiger partial charge in [0.1, 0.15) is 6.07 Å². The van der Waals surface area contributed by atoms with E-state index in [9.17, 15) is 5.26 Å². The lowest BCUT2D eigenvalue weighted by molar-refractivity contribution is 0.415. The molecule has 2 fully saturated rings. The van der Waals surface area contributed by atoms with Crippen molar-refractivity contribution in [3.05, 3.63) is 30.0 Å². The lowest BCUT2D eigenvalue weighted by atomic mass is 9.96. The maximum atomic E-state index is 9.45. The van der Waals surface area contributed by atoms with E-state index >= 15 is 0 Å². The van der Waals surface area contributed by atoms with Crippen molar-refractivity contribution in [2.75, 3.05) is 4.90 Å². The van der Waals surface area contributed by atoms with Gasteiger partial charge in [-0.2, -0.15) is 5.26 Å². The molecule has 5 nitrogen and oxygen atoms in total. The molecule has 2 aromatic rings. The van der Waals surface area contributed by atoms with Crippen molar-refractivity contribution in [3.63, 3.8) is 0 Å². The van der Waals surface area contributed by atoms with Crippen LogP contribution in [0.2, 0.25) is 0 Å². The van der Waals surface area contributed by atoms with Crippen molar-refractivity contribution in [2.45, 2.75) is 43.8 Å². The SMILES string of the molecule is N#Cc1nnc2ccccc2c1N1C2CCC1CC(N)C2. The minimum atomic E-state index is 0.283. The second kappa shape index (κ2) is 4.68. The van der Waals surface area contributed by atoms with Gasteiger partial charge < -0.3 is 10.6 Å². The third-order valence-electron chi connectivity index (χ3n) is 4.77. The Kier molecular flexibility index (Phi) is 2.79. The highest BCUT2D eigenvalue weighted by Gasteiger charge is 2.41. The largest absolute Gasteiger partial charge is 0.362 e. The Morgan fingerprint density at radius 1 is 1.14 bits per heavy atom. The van der Waals surface area contributed by atoms with Crippen LogP contribution >= 0.6 is 0 Å². The van der Waals surface area contributed by atoms with Gasteiger partial charge in [-0.3, -0.25) is 0 Å². The molecular formula is C16H17N5. The highest BCUT2D eigenvalue weighted by Crippen LogP contribution is 2.42. The Morgan fingerprint density at radius 3 is 2.57 bits per heavy atom. The Balaban J connectivity index is 1.92. The predicted molar refractivity (Wildman–Crippen MR) is 80.8 cm³/mol. The molecule has 2 aliphatic heterocycles. The number of hydrogen-bond acceptors (Lipinski definition) is 5. The van der Waals surface area contributed by atoms with Gasteiger partial charge in [-0.25, -0.2) is 0 Å². The molecule has 21 heavy (non-hydrogen) atoms. The third kappa shape index (κ3) is 1.87. The third-order valence-corrected chi connectivity index (χ3v) is 4.77. The highest BCUT2D eigenvalue weighted by atomic mass is 15.3. The van der Waals surface area contributed by atoms with Gasteiger partial charge in [0.05, 0.1) is 11.2 Å². The van der Waals surface area contributed by atoms with Crippen LogP contribution in [-0.4, -0.2) is 28.3 Å². The van der Waals surface area contributed by atoms with Crippen LogP contribution in [-0.2, 0) is 0 Å². The normalized spacial score (nSPS) is 27.8. The van der Waals surface area contributed by atoms with Gasteiger partial charge in [-0.1, -0.05) is 18.2 Å². The summed E-state index contributed by atoms with van der Waals surface area (Å²) in [5.41, 5.74) is 8.40. The number of rotatable bonds is 1. The van der Waals surface area contributed by atoms with Gasteiger partial charge in [-0.15, -0.1) is 10.2 Å². The van der Waals surface area contributed by atoms with Crippen LogP contribution in [0.4, 0.5) is 5.69 Å². The van der Waals surface area contributed by atoms with E-state index < -0.39 is 0 Å². The van der Waals surface area contributed by atoms with Crippen molar-refractivity contribution in [1.29, 1.82) is 5.26 Å². The summed E-state index contributed by atoms with van der Waals surface area (Å²) >= 11 is 0. The molecular weight excluding hydrogens is 262 g/mol. The van der Waals surface area contributed by atoms with E-state index in [1.807, 2.05) is 24.3 Å². The fourth-order valence-electron chi connectivity index (χ4n) is 3.96. The molecule has 2 N–H and O–H groups in total. The van der Waals surface area contributed by atoms with Crippen molar-refractivity contribution in [1.82, 2.24) is 10.2 Å². The van der Waals surface area contributed by atoms with Crippen molar-refractivity contribution >= 4 is 16.6 Å². The highest BCUT2D eigenvalue weighted by molar-refractivity contribution is 5.93. The second-order valence-electron chi connectivity index (χ2n) is 6.05. The average Bonchev–Trinajstić information content (AvgIpc) is 2.77. The Morgan fingerprint density at radius 2 is 1.86 bits per heavy atom. The zero-order valence-corrected chi connectivity index (χ0v) is 11.7. The lowest BCUT2D eigenvalue weighted by Gasteiger charge is -2.40. The zero-order valence-electron chi connectivity index (χ0n) is 11.7. The van der Waals surface area contributed by atoms with E-state index in [2.05, 4.69) is 21.2 Å². The van der Waals surface area contributed by atoms with Crippen LogP contribution in [0, 0.1) is 11.3 Å². The molecule has 2 atom stereocenters. The summed E-state index contributed by atoms with van der Waals surface area (Å²) in [5, 5.41) is 18.8. The minimum Gasteiger partial charge on any atom is -0.362 e. The summed E-state index contributed by atoms with van der Waals surface area (Å²) in [5.74, 6) is 0. The molecule has 0 saturated carbocycles. The molecule has 5 heteroatoms. The molecule has 0 radical (unpaired) electrons. The van der Waals surface area contributed by atoms with Crippen molar-refractivity contribution in [2.24, 2.45) is 5.73 Å². The average molecular weight is 279 g/mol. The molecule has 1 aromatic heterocycles. The van der Waals surface area contributed by atoms with Crippen LogP contribution in [0.1, 0.15) is 31.4 Å². The van der Waals surface area contributed by atoms with Crippen molar-refractivity contribution in [3.8, 4) is 6.07 Å². The number of hydrogen-bond donors (Lipinski definition) is 1. The maximum Gasteiger partial charge on any atom is 0.187 e. The van der Waals surface area contributed by atoms with Crippen molar-refractivity contribution < 1.29 is 0 Å². The first kappa shape index (κ1) is 12.5. The summed E-state index contributed by atoms with van der Waals surface area (Å²) < 4.78 is 0. The molecule has 2 bridgehead atoms. The summed E-state index contributed by atoms with van der Waals surface area (Å²) in [6.07, 6.45) is 4.30. The second-order valence-corrected chi connectivity index (χ2v) is 6.05. The number of nitriles is 1. The summed E-state index contributed by atoms with van der Waals surface area (Å²) in [6.45, 7) is 0. The van der Waals surface area contributed by atoms with Gasteiger partial charge in [0.2, 0.25) is 0 Å². The standard InChI is InChI=1S/C16H17N5/c17-9-15-16(13-3-1-2-4-14(13)19-20-15)21-11-5-6-12(21)8-10(18)7-11/h1-4,10-12H,5-8,18H2. The number of benzene rings is 1. The topological polar surface area (TPSA) is 78.8 Å². The molecule has 1 aromatic carbocycles. The number of fused-ring (bicyclic) bond motifs is 3. The van der Waals surface area contributed by atoms with E-state index in [-0.39, 0.29) is 6.04 Å². The van der Waals surface area contributed by atoms with Crippen LogP contribution in [0.5, 0.6) is 0 Å². The molecule has 2 saturated heterocycles. The fourth-order valence-corrected chi connectivity index (χ4v) is 3.96. The first-order chi connectivity index (χ1) is 10.3. The summed E-state index contributed by atoms with van der Waals surface area (Å²) in [7, 11) is 0. The molecule has 2 aliphatic rings. The van der Waals surface area contributed by atoms with Gasteiger partial charge >= 0.3 is 0 Å². The minimum absolute atomic E-state index is 0.283. The van der Waals surface area contributed by atoms with E-state index in [1.54, 1.807) is 0 Å². The molecule has 4 rings (SSSR count). The van der Waals surface area contributed by atoms with Crippen LogP contribution in [0.25, 0.3) is 10.9 Å². The lowest BCUT2D eigenvalue weighted by Crippen LogP contribution is -2.48. The first-order valence-corrected chi connectivity index (χ1v) is 7.47. The summed E-state index contributed by atoms with van der Waals surface area (Å²) in [4.78, 5) is 2.40. The molecule has 2 unspecified atom stereocenters. The van der Waals surface area contributed by atoms with E-state index in [0.29, 0.717) is 17.8 Å². The quantitative estimate of drug-likeness (QED) is 0.863. The maximum absolute atomic E-state index is 9.45. The smallest absolute Gasteiger partial charge is 0.187 e. The molecule has 106 valence electrons. The van der Waals surface area contributed by atoms with Gasteiger partial charge in [-0.05, 0) is 31.7 Å². The number of nitrogens with two attached hydrogens (primary N) is 1. The molecule has 0 spiro atoms. The van der Waals surface area contributed by atoms with E-state index in [0.717, 1.165) is 42.3 Å². The summed E-state index contributed by atoms with van der Waals surface area (Å²) in [6, 6.07) is 11.3. The van der Waals surface area contributed by atoms with Gasteiger partial charge in [0, 0.05) is 23.5 Å². The van der Waals surface area contributed by atoms with Crippen LogP contribution < -0.4 is 10.6 Å². The zero-order chi connectivity index (χ0) is 14.4. The molecule has 0 aliphatic carbocycles. The number of aromatic nitrogens is 2. The van der Waals surface area contributed by atoms with E-state index in [1.165, 1.54) is 0 Å². The Hall–Kier alpha value is -2.19. The first-order valence-electron chi connectivity index (χ1n) is 7.47. The molecule has 0 amide bonds. The van der Waals surface area contributed by atoms with E-state index in [4.69, 9.17) is 5.73 Å². The van der Waals surface area contributed by atoms with Crippen LogP contribution in [0.15, 0.2) is 24.3 Å². The van der Waals surface area contributed by atoms with Gasteiger partial charge in [0.25, 0.3) is 0 Å².